The zero-order valence-electron chi connectivity index (χ0n) is 11.9. The predicted octanol–water partition coefficient (Wildman–Crippen LogP) is 2.32. The zero-order valence-corrected chi connectivity index (χ0v) is 12.7. The molecule has 6 heteroatoms. The van der Waals surface area contributed by atoms with Crippen LogP contribution in [0.2, 0.25) is 0 Å². The van der Waals surface area contributed by atoms with Crippen molar-refractivity contribution in [1.29, 1.82) is 0 Å². The van der Waals surface area contributed by atoms with Gasteiger partial charge in [-0.1, -0.05) is 20.8 Å². The summed E-state index contributed by atoms with van der Waals surface area (Å²) in [6.07, 6.45) is 3.24. The molecule has 1 aromatic heterocycles. The number of hydrogen-bond acceptors (Lipinski definition) is 4. The fourth-order valence-electron chi connectivity index (χ4n) is 1.81. The van der Waals surface area contributed by atoms with Crippen molar-refractivity contribution >= 4 is 15.7 Å². The van der Waals surface area contributed by atoms with Crippen molar-refractivity contribution < 1.29 is 8.42 Å². The van der Waals surface area contributed by atoms with Crippen LogP contribution in [-0.2, 0) is 10.0 Å². The second kappa shape index (κ2) is 7.45. The quantitative estimate of drug-likeness (QED) is 0.796. The second-order valence-electron chi connectivity index (χ2n) is 4.28. The first-order chi connectivity index (χ1) is 9.07. The highest BCUT2D eigenvalue weighted by atomic mass is 32.2. The van der Waals surface area contributed by atoms with Crippen LogP contribution in [-0.4, -0.2) is 37.3 Å². The first kappa shape index (κ1) is 15.9. The van der Waals surface area contributed by atoms with Gasteiger partial charge in [-0.3, -0.25) is 0 Å². The molecular weight excluding hydrogens is 262 g/mol. The van der Waals surface area contributed by atoms with Gasteiger partial charge in [-0.05, 0) is 25.0 Å². The second-order valence-corrected chi connectivity index (χ2v) is 6.13. The van der Waals surface area contributed by atoms with E-state index in [0.717, 1.165) is 19.4 Å². The van der Waals surface area contributed by atoms with E-state index in [1.165, 1.54) is 10.5 Å². The molecule has 0 saturated heterocycles. The van der Waals surface area contributed by atoms with Gasteiger partial charge < -0.3 is 5.32 Å². The number of rotatable bonds is 8. The maximum atomic E-state index is 12.6. The molecule has 1 rings (SSSR count). The maximum Gasteiger partial charge on any atom is 0.262 e. The van der Waals surface area contributed by atoms with Gasteiger partial charge in [0.2, 0.25) is 0 Å². The third-order valence-electron chi connectivity index (χ3n) is 2.75. The van der Waals surface area contributed by atoms with Crippen LogP contribution in [0.3, 0.4) is 0 Å². The van der Waals surface area contributed by atoms with Crippen LogP contribution in [0.25, 0.3) is 0 Å². The summed E-state index contributed by atoms with van der Waals surface area (Å²) in [6.45, 7) is 7.55. The molecule has 1 N–H and O–H groups in total. The van der Waals surface area contributed by atoms with Crippen molar-refractivity contribution in [2.24, 2.45) is 0 Å². The van der Waals surface area contributed by atoms with E-state index in [2.05, 4.69) is 10.3 Å². The van der Waals surface area contributed by atoms with Crippen molar-refractivity contribution in [3.63, 3.8) is 0 Å². The summed E-state index contributed by atoms with van der Waals surface area (Å²) < 4.78 is 26.6. The van der Waals surface area contributed by atoms with Gasteiger partial charge in [0, 0.05) is 25.8 Å². The molecule has 0 atom stereocenters. The monoisotopic (exact) mass is 285 g/mol. The number of nitrogens with zero attached hydrogens (tertiary/aromatic N) is 2. The van der Waals surface area contributed by atoms with Gasteiger partial charge in [0.1, 0.15) is 0 Å². The van der Waals surface area contributed by atoms with Gasteiger partial charge >= 0.3 is 0 Å². The first-order valence-corrected chi connectivity index (χ1v) is 8.20. The first-order valence-electron chi connectivity index (χ1n) is 6.76. The summed E-state index contributed by atoms with van der Waals surface area (Å²) in [6, 6.07) is 3.50. The minimum atomic E-state index is -3.51. The summed E-state index contributed by atoms with van der Waals surface area (Å²) in [7, 11) is -3.51. The Kier molecular flexibility index (Phi) is 6.24. The zero-order chi connectivity index (χ0) is 14.3. The molecule has 0 aliphatic carbocycles. The highest BCUT2D eigenvalue weighted by molar-refractivity contribution is 7.89. The lowest BCUT2D eigenvalue weighted by Crippen LogP contribution is -2.32. The Morgan fingerprint density at radius 2 is 2.00 bits per heavy atom. The predicted molar refractivity (Wildman–Crippen MR) is 77.7 cm³/mol. The fraction of sp³-hybridized carbons (Fsp3) is 0.615. The molecule has 1 aromatic rings. The Morgan fingerprint density at radius 3 is 2.58 bits per heavy atom. The van der Waals surface area contributed by atoms with E-state index in [1.807, 2.05) is 20.8 Å². The largest absolute Gasteiger partial charge is 0.383 e. The molecular formula is C13H23N3O2S. The average Bonchev–Trinajstić information content (AvgIpc) is 2.42. The fourth-order valence-corrected chi connectivity index (χ4v) is 3.43. The summed E-state index contributed by atoms with van der Waals surface area (Å²) in [4.78, 5) is 4.06. The molecule has 0 spiro atoms. The number of anilines is 1. The van der Waals surface area contributed by atoms with Gasteiger partial charge in [-0.2, -0.15) is 4.31 Å². The Bertz CT molecular complexity index is 488. The van der Waals surface area contributed by atoms with E-state index < -0.39 is 10.0 Å². The number of aromatic nitrogens is 1. The molecule has 0 fully saturated rings. The molecule has 19 heavy (non-hydrogen) atoms. The standard InChI is InChI=1S/C13H23N3O2S/c1-4-9-14-12-8-7-10-15-13(12)19(17,18)16(6-3)11-5-2/h7-8,10,14H,4-6,9,11H2,1-3H3. The summed E-state index contributed by atoms with van der Waals surface area (Å²) in [5.41, 5.74) is 0.582. The van der Waals surface area contributed by atoms with Crippen molar-refractivity contribution in [2.45, 2.75) is 38.6 Å². The van der Waals surface area contributed by atoms with Gasteiger partial charge in [0.15, 0.2) is 5.03 Å². The number of sulfonamides is 1. The van der Waals surface area contributed by atoms with Gasteiger partial charge in [0.05, 0.1) is 5.69 Å². The van der Waals surface area contributed by atoms with Crippen molar-refractivity contribution in [3.05, 3.63) is 18.3 Å². The van der Waals surface area contributed by atoms with Crippen LogP contribution in [0.4, 0.5) is 5.69 Å². The molecule has 0 unspecified atom stereocenters. The molecule has 0 bridgehead atoms. The van der Waals surface area contributed by atoms with E-state index in [0.29, 0.717) is 18.8 Å². The molecule has 5 nitrogen and oxygen atoms in total. The molecule has 1 heterocycles. The minimum absolute atomic E-state index is 0.124. The third-order valence-corrected chi connectivity index (χ3v) is 4.68. The summed E-state index contributed by atoms with van der Waals surface area (Å²) in [5, 5.41) is 3.25. The SMILES string of the molecule is CCCNc1cccnc1S(=O)(=O)N(CC)CCC. The van der Waals surface area contributed by atoms with E-state index in [9.17, 15) is 8.42 Å². The molecule has 0 aromatic carbocycles. The number of hydrogen-bond donors (Lipinski definition) is 1. The van der Waals surface area contributed by atoms with Crippen LogP contribution in [0, 0.1) is 0 Å². The lowest BCUT2D eigenvalue weighted by molar-refractivity contribution is 0.425. The van der Waals surface area contributed by atoms with E-state index in [4.69, 9.17) is 0 Å². The van der Waals surface area contributed by atoms with Crippen molar-refractivity contribution in [2.75, 3.05) is 25.0 Å². The maximum absolute atomic E-state index is 12.6. The Hall–Kier alpha value is -1.14. The smallest absolute Gasteiger partial charge is 0.262 e. The van der Waals surface area contributed by atoms with E-state index in [-0.39, 0.29) is 5.03 Å². The van der Waals surface area contributed by atoms with Crippen LogP contribution in [0.1, 0.15) is 33.6 Å². The topological polar surface area (TPSA) is 62.3 Å². The normalized spacial score (nSPS) is 11.8. The van der Waals surface area contributed by atoms with E-state index >= 15 is 0 Å². The third kappa shape index (κ3) is 3.91. The lowest BCUT2D eigenvalue weighted by atomic mass is 10.4. The molecule has 0 aliphatic rings. The van der Waals surface area contributed by atoms with Crippen LogP contribution < -0.4 is 5.32 Å². The molecule has 0 aliphatic heterocycles. The van der Waals surface area contributed by atoms with E-state index in [1.54, 1.807) is 12.1 Å². The number of pyridine rings is 1. The number of nitrogens with one attached hydrogen (secondary N) is 1. The molecule has 0 saturated carbocycles. The highest BCUT2D eigenvalue weighted by Crippen LogP contribution is 2.22. The Morgan fingerprint density at radius 1 is 1.26 bits per heavy atom. The van der Waals surface area contributed by atoms with Gasteiger partial charge in [-0.15, -0.1) is 0 Å². The molecule has 0 radical (unpaired) electrons. The van der Waals surface area contributed by atoms with Crippen molar-refractivity contribution in [3.8, 4) is 0 Å². The van der Waals surface area contributed by atoms with Crippen LogP contribution in [0.5, 0.6) is 0 Å². The Labute approximate surface area is 116 Å². The van der Waals surface area contributed by atoms with Crippen LogP contribution >= 0.6 is 0 Å². The molecule has 0 amide bonds. The average molecular weight is 285 g/mol. The Balaban J connectivity index is 3.12. The highest BCUT2D eigenvalue weighted by Gasteiger charge is 2.26. The summed E-state index contributed by atoms with van der Waals surface area (Å²) >= 11 is 0. The van der Waals surface area contributed by atoms with Crippen molar-refractivity contribution in [1.82, 2.24) is 9.29 Å². The molecule has 108 valence electrons. The van der Waals surface area contributed by atoms with Crippen LogP contribution in [0.15, 0.2) is 23.4 Å². The van der Waals surface area contributed by atoms with Gasteiger partial charge in [-0.25, -0.2) is 13.4 Å². The minimum Gasteiger partial charge on any atom is -0.383 e. The van der Waals surface area contributed by atoms with Gasteiger partial charge in [0.25, 0.3) is 10.0 Å². The lowest BCUT2D eigenvalue weighted by Gasteiger charge is -2.20. The summed E-state index contributed by atoms with van der Waals surface area (Å²) in [5.74, 6) is 0.